The van der Waals surface area contributed by atoms with Crippen LogP contribution >= 0.6 is 47.1 Å². The van der Waals surface area contributed by atoms with Gasteiger partial charge in [0.2, 0.25) is 0 Å². The Kier molecular flexibility index (Phi) is 33.5. The molecule has 58 nitrogen and oxygen atoms in total. The molecule has 0 radical (unpaired) electrons. The summed E-state index contributed by atoms with van der Waals surface area (Å²) in [5, 5.41) is 0. The van der Waals surface area contributed by atoms with Crippen LogP contribution in [-0.4, -0.2) is 219 Å². The van der Waals surface area contributed by atoms with Crippen molar-refractivity contribution in [3.63, 3.8) is 0 Å². The maximum atomic E-state index is 15.0. The summed E-state index contributed by atoms with van der Waals surface area (Å²) >= 11 is 37.9. The predicted molar refractivity (Wildman–Crippen MR) is 506 cm³/mol. The number of H-pyrrole nitrogens is 3. The smallest absolute Gasteiger partial charge is 0.351 e. The molecule has 0 bridgehead atoms. The van der Waals surface area contributed by atoms with Crippen LogP contribution in [0.2, 0.25) is 0 Å². The third-order valence-corrected chi connectivity index (χ3v) is 34.7. The summed E-state index contributed by atoms with van der Waals surface area (Å²) in [6, 6.07) is 0. The average Bonchev–Trinajstić information content (AvgIpc) is 1.65. The summed E-state index contributed by atoms with van der Waals surface area (Å²) in [4.78, 5) is 230. The highest BCUT2D eigenvalue weighted by molar-refractivity contribution is 8.32. The van der Waals surface area contributed by atoms with E-state index in [9.17, 15) is 72.3 Å². The van der Waals surface area contributed by atoms with Crippen molar-refractivity contribution in [3.05, 3.63) is 168 Å². The lowest BCUT2D eigenvalue weighted by molar-refractivity contribution is -0.221. The van der Waals surface area contributed by atoms with Crippen molar-refractivity contribution in [3.8, 4) is 0 Å². The summed E-state index contributed by atoms with van der Waals surface area (Å²) in [7, 11) is 1.01. The van der Waals surface area contributed by atoms with Crippen LogP contribution in [0, 0.1) is 34.6 Å². The molecule has 16 rings (SSSR count). The largest absolute Gasteiger partial charge is 0.780 e. The molecule has 16 heterocycles. The number of imidazole rings is 2. The number of nitrogens with one attached hydrogen (secondary N) is 3. The number of aromatic nitrogens is 18. The molecule has 9 aromatic heterocycles. The second kappa shape index (κ2) is 43.8. The van der Waals surface area contributed by atoms with Crippen LogP contribution in [0.5, 0.6) is 0 Å². The molecular formula is C71H88N22O36P7S7-7. The standard InChI is InChI=1S/C71H95N22O36P7S7/c1-30-15-87(67(97)82-58(30)72)49-8-36(35(6)116-49)123-131(103,138)110-24-47-41(13-54(121-47)92-28-80-56-60(74)76-26-78-62(56)92)128-135(107,142)113-21-44-38(10-50(118-44)88-16-31(2)59(73)83-68(88)98)125-134(106,141)115-25-48-42(14-55(122-48)93-29-81-57-61(75)77-27-79-63(57)93)129-136(108,143)114-23-46-40(12-53(120-46)91-19-34(5)66(96)86-71(91)101)127-133(105,140)112-22-45-39(11-52(119-45)90-18-33(4)65(95)85-70(90)100)126-132(104,139)111-20-43-37(124-130(102,137)109-7)9-51(117-43)89-17-32(3)64(94)84-69(89)99/h15-19,26-29,35-55H,8-14,20-25H2,1-7H3,(H,102,137)(H,103,138)(H,104,139)(H,105,140)(H,106,141)(H,107,142)(H,108,143)(H2,72,82,97)(H2,73,83,98)(H2,74,76,78)(H2,75,77,79)(H,84,94,99)(H,85,95,100)(H,86,96,101)/p-7/t35-,36-,37-,38-,39-,40-,41-,42-,43-,44-,45-,46-,47-,48-,49-,50-,51-,52-,53-,54-,55-,130?,131?,132?,133?,134?,135?,136?/m1/s1. The molecule has 7 fully saturated rings. The fraction of sp³-hybridized carbons (Fsp3) is 0.577. The number of hydrogen-bond donors (Lipinski definition) is 7. The Bertz CT molecular complexity index is 7230. The van der Waals surface area contributed by atoms with Gasteiger partial charge in [0.25, 0.3) is 16.7 Å². The van der Waals surface area contributed by atoms with E-state index in [-0.39, 0.29) is 88.0 Å². The van der Waals surface area contributed by atoms with E-state index in [4.69, 9.17) is 203 Å². The molecule has 9 aromatic rings. The summed E-state index contributed by atoms with van der Waals surface area (Å²) in [5.41, 5.74) is 18.9. The van der Waals surface area contributed by atoms with Crippen molar-refractivity contribution >= 4 is 176 Å². The Morgan fingerprint density at radius 2 is 0.622 bits per heavy atom. The average molecular weight is 2270 g/mol. The van der Waals surface area contributed by atoms with Crippen LogP contribution in [0.1, 0.15) is 123 Å². The van der Waals surface area contributed by atoms with Crippen LogP contribution in [0.4, 0.5) is 23.3 Å². The number of rotatable bonds is 40. The fourth-order valence-electron chi connectivity index (χ4n) is 16.4. The lowest BCUT2D eigenvalue weighted by Crippen LogP contribution is -2.35. The molecule has 11 N–H and O–H groups in total. The van der Waals surface area contributed by atoms with Gasteiger partial charge in [-0.15, -0.1) is 0 Å². The molecule has 7 unspecified atom stereocenters. The summed E-state index contributed by atoms with van der Waals surface area (Å²) in [6.45, 7) is -29.8. The van der Waals surface area contributed by atoms with E-state index in [0.717, 1.165) is 44.1 Å². The zero-order valence-electron chi connectivity index (χ0n) is 75.2. The number of anilines is 4. The number of nitrogens with zero attached hydrogens (tertiary/aromatic N) is 15. The maximum absolute atomic E-state index is 15.0. The van der Waals surface area contributed by atoms with E-state index in [1.165, 1.54) is 79.0 Å². The number of aryl methyl sites for hydroxylation is 5. The molecule has 0 spiro atoms. The number of aromatic amines is 3. The molecule has 0 aromatic carbocycles. The second-order valence-corrected chi connectivity index (χ2v) is 52.5. The van der Waals surface area contributed by atoms with Crippen molar-refractivity contribution in [2.75, 3.05) is 69.7 Å². The van der Waals surface area contributed by atoms with E-state index >= 15 is 0 Å². The van der Waals surface area contributed by atoms with E-state index in [0.29, 0.717) is 11.1 Å². The van der Waals surface area contributed by atoms with Gasteiger partial charge in [0.15, 0.2) is 29.7 Å². The van der Waals surface area contributed by atoms with Gasteiger partial charge >= 0.3 is 28.4 Å². The number of fused-ring (bicyclic) bond motifs is 2. The maximum Gasteiger partial charge on any atom is 0.351 e. The molecule has 0 aliphatic carbocycles. The zero-order valence-corrected chi connectivity index (χ0v) is 87.2. The summed E-state index contributed by atoms with van der Waals surface area (Å²) < 4.78 is 148. The number of nitrogen functional groups attached to an aromatic ring is 4. The molecule has 72 heteroatoms. The van der Waals surface area contributed by atoms with Gasteiger partial charge in [0.1, 0.15) is 156 Å². The molecule has 7 aliphatic heterocycles. The third kappa shape index (κ3) is 25.9. The normalized spacial score (nSPS) is 29.8. The first-order chi connectivity index (χ1) is 67.2. The zero-order chi connectivity index (χ0) is 103. The Morgan fingerprint density at radius 3 is 0.937 bits per heavy atom. The third-order valence-electron chi connectivity index (χ3n) is 23.6. The van der Waals surface area contributed by atoms with Crippen molar-refractivity contribution in [2.45, 2.75) is 216 Å². The predicted octanol–water partition coefficient (Wildman–Crippen LogP) is -2.66. The first kappa shape index (κ1) is 109. The van der Waals surface area contributed by atoms with Crippen LogP contribution < -0.4 is 97.4 Å². The topological polar surface area (TPSA) is 775 Å². The Morgan fingerprint density at radius 1 is 0.364 bits per heavy atom. The Labute approximate surface area is 840 Å². The molecule has 7 saturated heterocycles. The SMILES string of the molecule is COP([O-])(=S)O[C@@H]1C[C@H](n2cc(C)c(=O)[nH]c2=O)O[C@@H]1COP([O-])(=S)O[C@@H]1C[C@H](n2cc(C)c(=O)[nH]c2=O)O[C@@H]1COP([O-])(=S)O[C@@H]1C[C@H](n2cc(C)c(=O)[nH]c2=O)O[C@@H]1COP([O-])(=S)O[C@@H]1C[C@H](n2cnc3c(N)ncnc32)O[C@@H]1COP([O-])(=S)O[C@@H]1C[C@H](n2cc(C)c(N)nc2=O)O[C@@H]1COP(=O)([S-])O[C@@H]1C[C@H](n2cnc3c(N)ncnc32)O[C@@H]1COP([O-])(=S)O[C@@H]1C[C@H](n2cc(C)c(N)nc2=O)O[C@@H]1C. The highest BCUT2D eigenvalue weighted by atomic mass is 32.7. The van der Waals surface area contributed by atoms with Gasteiger partial charge in [-0.25, -0.2) is 53.9 Å². The van der Waals surface area contributed by atoms with Crippen LogP contribution in [0.3, 0.4) is 0 Å². The first-order valence-electron chi connectivity index (χ1n) is 42.7. The molecule has 7 aliphatic rings. The van der Waals surface area contributed by atoms with E-state index in [1.807, 2.05) is 0 Å². The van der Waals surface area contributed by atoms with E-state index in [2.05, 4.69) is 54.8 Å². The number of nitrogens with two attached hydrogens (primary N) is 4. The van der Waals surface area contributed by atoms with Gasteiger partial charge in [-0.1, -0.05) is 70.8 Å². The molecule has 143 heavy (non-hydrogen) atoms. The summed E-state index contributed by atoms with van der Waals surface area (Å²) in [5.74, 6) is -0.163. The van der Waals surface area contributed by atoms with Crippen molar-refractivity contribution in [1.82, 2.24) is 86.8 Å². The van der Waals surface area contributed by atoms with Gasteiger partial charge < -0.3 is 161 Å². The lowest BCUT2D eigenvalue weighted by Gasteiger charge is -2.36. The minimum atomic E-state index is -5.03. The van der Waals surface area contributed by atoms with E-state index in [1.54, 1.807) is 13.8 Å². The van der Waals surface area contributed by atoms with Gasteiger partial charge in [-0.3, -0.25) is 65.9 Å². The lowest BCUT2D eigenvalue weighted by atomic mass is 10.2. The van der Waals surface area contributed by atoms with Gasteiger partial charge in [-0.2, -0.15) is 9.97 Å². The fourth-order valence-corrected chi connectivity index (χ4v) is 26.1. The summed E-state index contributed by atoms with van der Waals surface area (Å²) in [6.07, 6.45) is -19.6. The second-order valence-electron chi connectivity index (χ2n) is 33.4. The van der Waals surface area contributed by atoms with Gasteiger partial charge in [0, 0.05) is 111 Å². The highest BCUT2D eigenvalue weighted by Gasteiger charge is 2.49. The first-order valence-corrected chi connectivity index (χ1v) is 60.6. The van der Waals surface area contributed by atoms with Crippen molar-refractivity contribution in [2.24, 2.45) is 0 Å². The minimum Gasteiger partial charge on any atom is -0.780 e. The molecule has 28 atom stereocenters. The minimum absolute atomic E-state index is 0.00476. The van der Waals surface area contributed by atoms with Crippen LogP contribution in [-0.2, 0) is 184 Å². The van der Waals surface area contributed by atoms with E-state index < -0.39 is 280 Å². The number of hydrogen-bond acceptors (Lipinski definition) is 55. The quantitative estimate of drug-likeness (QED) is 0.0152. The number of ether oxygens (including phenoxy) is 7. The Balaban J connectivity index is 0.607. The molecule has 782 valence electrons. The van der Waals surface area contributed by atoms with Gasteiger partial charge in [-0.05, 0) is 41.5 Å². The van der Waals surface area contributed by atoms with Crippen LogP contribution in [0.25, 0.3) is 22.3 Å². The van der Waals surface area contributed by atoms with Crippen molar-refractivity contribution < 1.29 is 130 Å². The molecule has 0 saturated carbocycles. The highest BCUT2D eigenvalue weighted by Crippen LogP contribution is 2.57. The molecule has 0 amide bonds. The monoisotopic (exact) mass is 2270 g/mol. The van der Waals surface area contributed by atoms with Crippen molar-refractivity contribution in [1.29, 1.82) is 0 Å². The Hall–Kier alpha value is -6.50. The van der Waals surface area contributed by atoms with Crippen LogP contribution in [0.15, 0.2) is 94.6 Å². The van der Waals surface area contributed by atoms with Gasteiger partial charge in [0.05, 0.1) is 101 Å². The molecular weight excluding hydrogens is 2180 g/mol.